The molecule has 2 aromatic rings. The Morgan fingerprint density at radius 3 is 2.47 bits per heavy atom. The highest BCUT2D eigenvalue weighted by molar-refractivity contribution is 9.10. The molecule has 0 spiro atoms. The first-order valence-corrected chi connectivity index (χ1v) is 13.2. The van der Waals surface area contributed by atoms with Gasteiger partial charge in [0.05, 0.1) is 26.4 Å². The van der Waals surface area contributed by atoms with Gasteiger partial charge in [0.2, 0.25) is 5.91 Å². The lowest BCUT2D eigenvalue weighted by atomic mass is 9.72. The smallest absolute Gasteiger partial charge is 0.341 e. The molecule has 0 saturated heterocycles. The van der Waals surface area contributed by atoms with Crippen molar-refractivity contribution in [2.45, 2.75) is 59.8 Å². The van der Waals surface area contributed by atoms with Crippen LogP contribution in [-0.4, -0.2) is 32.7 Å². The Hall–Kier alpha value is -2.06. The number of carbonyl (C=O) groups is 2. The number of amides is 1. The van der Waals surface area contributed by atoms with Gasteiger partial charge >= 0.3 is 5.97 Å². The lowest BCUT2D eigenvalue weighted by molar-refractivity contribution is -0.116. The Morgan fingerprint density at radius 2 is 1.85 bits per heavy atom. The molecule has 1 unspecified atom stereocenters. The molecule has 6 nitrogen and oxygen atoms in total. The van der Waals surface area contributed by atoms with Crippen molar-refractivity contribution in [1.82, 2.24) is 0 Å². The average molecular weight is 553 g/mol. The van der Waals surface area contributed by atoms with Crippen molar-refractivity contribution in [3.05, 3.63) is 38.2 Å². The molecule has 0 bridgehead atoms. The number of nitrogens with one attached hydrogen (secondary N) is 1. The van der Waals surface area contributed by atoms with Crippen molar-refractivity contribution < 1.29 is 23.8 Å². The second-order valence-corrected chi connectivity index (χ2v) is 11.5. The summed E-state index contributed by atoms with van der Waals surface area (Å²) < 4.78 is 16.9. The normalized spacial score (nSPS) is 15.4. The Balaban J connectivity index is 1.79. The highest BCUT2D eigenvalue weighted by Gasteiger charge is 2.34. The first-order valence-electron chi connectivity index (χ1n) is 11.6. The Morgan fingerprint density at radius 1 is 1.18 bits per heavy atom. The van der Waals surface area contributed by atoms with Crippen LogP contribution in [-0.2, 0) is 28.8 Å². The fourth-order valence-corrected chi connectivity index (χ4v) is 6.21. The number of rotatable bonds is 8. The Bertz CT molecular complexity index is 1060. The van der Waals surface area contributed by atoms with Crippen molar-refractivity contribution >= 4 is 44.1 Å². The predicted molar refractivity (Wildman–Crippen MR) is 139 cm³/mol. The Kier molecular flexibility index (Phi) is 8.68. The van der Waals surface area contributed by atoms with E-state index < -0.39 is 0 Å². The van der Waals surface area contributed by atoms with Crippen LogP contribution in [0.2, 0.25) is 0 Å². The first kappa shape index (κ1) is 26.5. The molecular weight excluding hydrogens is 518 g/mol. The number of anilines is 1. The van der Waals surface area contributed by atoms with Gasteiger partial charge in [-0.3, -0.25) is 4.79 Å². The summed E-state index contributed by atoms with van der Waals surface area (Å²) in [4.78, 5) is 26.9. The minimum atomic E-state index is -0.354. The zero-order chi connectivity index (χ0) is 25.0. The lowest BCUT2D eigenvalue weighted by Gasteiger charge is -2.33. The van der Waals surface area contributed by atoms with Crippen molar-refractivity contribution in [1.29, 1.82) is 0 Å². The third-order valence-corrected chi connectivity index (χ3v) is 8.30. The van der Waals surface area contributed by atoms with Gasteiger partial charge in [-0.25, -0.2) is 4.79 Å². The summed E-state index contributed by atoms with van der Waals surface area (Å²) in [6, 6.07) is 3.71. The summed E-state index contributed by atoms with van der Waals surface area (Å²) in [7, 11) is 3.17. The van der Waals surface area contributed by atoms with Crippen molar-refractivity contribution in [3.8, 4) is 11.5 Å². The molecule has 1 N–H and O–H groups in total. The molecule has 3 rings (SSSR count). The van der Waals surface area contributed by atoms with E-state index in [0.29, 0.717) is 41.0 Å². The van der Waals surface area contributed by atoms with Crippen LogP contribution >= 0.6 is 27.3 Å². The van der Waals surface area contributed by atoms with Gasteiger partial charge in [-0.1, -0.05) is 36.7 Å². The molecule has 8 heteroatoms. The maximum atomic E-state index is 12.9. The summed E-state index contributed by atoms with van der Waals surface area (Å²) in [5, 5.41) is 3.61. The number of benzene rings is 1. The number of carbonyl (C=O) groups excluding carboxylic acids is 2. The summed E-state index contributed by atoms with van der Waals surface area (Å²) in [6.07, 6.45) is 3.56. The summed E-state index contributed by atoms with van der Waals surface area (Å²) in [5.41, 5.74) is 2.72. The molecule has 1 amide bonds. The van der Waals surface area contributed by atoms with E-state index in [9.17, 15) is 9.59 Å². The number of thiophene rings is 1. The molecule has 1 aliphatic carbocycles. The van der Waals surface area contributed by atoms with E-state index in [1.807, 2.05) is 12.1 Å². The molecule has 0 saturated carbocycles. The van der Waals surface area contributed by atoms with Crippen LogP contribution in [0.15, 0.2) is 16.6 Å². The molecule has 1 aliphatic rings. The summed E-state index contributed by atoms with van der Waals surface area (Å²) in [5.74, 6) is 1.29. The molecule has 1 aromatic carbocycles. The molecule has 1 atom stereocenters. The van der Waals surface area contributed by atoms with Crippen LogP contribution in [0.25, 0.3) is 0 Å². The van der Waals surface area contributed by atoms with Crippen LogP contribution in [0, 0.1) is 11.3 Å². The van der Waals surface area contributed by atoms with E-state index in [2.05, 4.69) is 42.0 Å². The third kappa shape index (κ3) is 5.95. The lowest BCUT2D eigenvalue weighted by Crippen LogP contribution is -2.26. The van der Waals surface area contributed by atoms with Crippen molar-refractivity contribution in [3.63, 3.8) is 0 Å². The van der Waals surface area contributed by atoms with Crippen LogP contribution in [0.1, 0.15) is 66.9 Å². The van der Waals surface area contributed by atoms with Gasteiger partial charge in [-0.05, 0) is 67.2 Å². The fourth-order valence-electron chi connectivity index (χ4n) is 4.36. The number of esters is 1. The maximum Gasteiger partial charge on any atom is 0.341 e. The quantitative estimate of drug-likeness (QED) is 0.383. The standard InChI is InChI=1S/C26H34BrNO5S/c1-7-33-25(30)23-17-10-9-16(26(2,3)4)13-21(17)34-24(23)28-22(29)11-8-15-12-19(31-5)20(32-6)14-18(15)27/h12,14,16H,7-11,13H2,1-6H3,(H,28,29). The highest BCUT2D eigenvalue weighted by atomic mass is 79.9. The second kappa shape index (κ2) is 11.1. The van der Waals surface area contributed by atoms with Crippen LogP contribution in [0.4, 0.5) is 5.00 Å². The van der Waals surface area contributed by atoms with Crippen LogP contribution < -0.4 is 14.8 Å². The number of halogens is 1. The summed E-state index contributed by atoms with van der Waals surface area (Å²) in [6.45, 7) is 8.88. The third-order valence-electron chi connectivity index (χ3n) is 6.40. The first-order chi connectivity index (χ1) is 16.1. The van der Waals surface area contributed by atoms with E-state index in [-0.39, 0.29) is 23.7 Å². The summed E-state index contributed by atoms with van der Waals surface area (Å²) >= 11 is 5.07. The number of hydrogen-bond acceptors (Lipinski definition) is 6. The van der Waals surface area contributed by atoms with Gasteiger partial charge in [0.1, 0.15) is 5.00 Å². The van der Waals surface area contributed by atoms with Crippen LogP contribution in [0.3, 0.4) is 0 Å². The van der Waals surface area contributed by atoms with E-state index in [1.165, 1.54) is 16.2 Å². The van der Waals surface area contributed by atoms with Gasteiger partial charge in [0, 0.05) is 15.8 Å². The fraction of sp³-hybridized carbons (Fsp3) is 0.538. The molecule has 1 aromatic heterocycles. The SMILES string of the molecule is CCOC(=O)c1c(NC(=O)CCc2cc(OC)c(OC)cc2Br)sc2c1CCC(C(C)(C)C)C2. The number of fused-ring (bicyclic) bond motifs is 1. The number of ether oxygens (including phenoxy) is 3. The molecule has 1 heterocycles. The van der Waals surface area contributed by atoms with Crippen molar-refractivity contribution in [2.75, 3.05) is 26.1 Å². The van der Waals surface area contributed by atoms with Crippen LogP contribution in [0.5, 0.6) is 11.5 Å². The highest BCUT2D eigenvalue weighted by Crippen LogP contribution is 2.44. The zero-order valence-electron chi connectivity index (χ0n) is 20.8. The minimum absolute atomic E-state index is 0.141. The average Bonchev–Trinajstić information content (AvgIpc) is 3.14. The predicted octanol–water partition coefficient (Wildman–Crippen LogP) is 6.43. The van der Waals surface area contributed by atoms with E-state index in [0.717, 1.165) is 34.9 Å². The largest absolute Gasteiger partial charge is 0.493 e. The van der Waals surface area contributed by atoms with E-state index in [1.54, 1.807) is 21.1 Å². The van der Waals surface area contributed by atoms with Gasteiger partial charge in [0.15, 0.2) is 11.5 Å². The number of hydrogen-bond donors (Lipinski definition) is 1. The molecule has 186 valence electrons. The molecule has 0 radical (unpaired) electrons. The molecular formula is C26H34BrNO5S. The molecule has 34 heavy (non-hydrogen) atoms. The van der Waals surface area contributed by atoms with Gasteiger partial charge in [-0.2, -0.15) is 0 Å². The van der Waals surface area contributed by atoms with Gasteiger partial charge in [0.25, 0.3) is 0 Å². The number of aryl methyl sites for hydroxylation is 1. The van der Waals surface area contributed by atoms with Gasteiger partial charge < -0.3 is 19.5 Å². The van der Waals surface area contributed by atoms with Gasteiger partial charge in [-0.15, -0.1) is 11.3 Å². The molecule has 0 fully saturated rings. The second-order valence-electron chi connectivity index (χ2n) is 9.58. The monoisotopic (exact) mass is 551 g/mol. The van der Waals surface area contributed by atoms with Crippen molar-refractivity contribution in [2.24, 2.45) is 11.3 Å². The topological polar surface area (TPSA) is 73.9 Å². The zero-order valence-corrected chi connectivity index (χ0v) is 23.2. The van der Waals surface area contributed by atoms with E-state index in [4.69, 9.17) is 14.2 Å². The Labute approximate surface area is 214 Å². The van der Waals surface area contributed by atoms with E-state index >= 15 is 0 Å². The minimum Gasteiger partial charge on any atom is -0.493 e. The molecule has 0 aliphatic heterocycles. The number of methoxy groups -OCH3 is 2. The maximum absolute atomic E-state index is 12.9.